The number of sulfone groups is 1. The van der Waals surface area contributed by atoms with Gasteiger partial charge in [-0.15, -0.1) is 0 Å². The van der Waals surface area contributed by atoms with Crippen molar-refractivity contribution in [1.82, 2.24) is 4.98 Å². The summed E-state index contributed by atoms with van der Waals surface area (Å²) in [7, 11) is -4.03. The van der Waals surface area contributed by atoms with Gasteiger partial charge in [-0.1, -0.05) is 22.9 Å². The van der Waals surface area contributed by atoms with E-state index in [2.05, 4.69) is 10.3 Å². The minimum Gasteiger partial charge on any atom is -0.298 e. The van der Waals surface area contributed by atoms with E-state index < -0.39 is 31.3 Å². The van der Waals surface area contributed by atoms with Gasteiger partial charge in [0, 0.05) is 23.2 Å². The maximum Gasteiger partial charge on any atom is 0.283 e. The van der Waals surface area contributed by atoms with E-state index in [9.17, 15) is 33.4 Å². The van der Waals surface area contributed by atoms with E-state index in [1.807, 2.05) is 0 Å². The van der Waals surface area contributed by atoms with E-state index in [0.717, 1.165) is 42.6 Å². The van der Waals surface area contributed by atoms with E-state index in [0.29, 0.717) is 11.3 Å². The minimum absolute atomic E-state index is 0.0731. The number of nitrogens with one attached hydrogen (secondary N) is 1. The van der Waals surface area contributed by atoms with E-state index in [1.54, 1.807) is 0 Å². The lowest BCUT2D eigenvalue weighted by Crippen LogP contribution is -2.13. The summed E-state index contributed by atoms with van der Waals surface area (Å²) in [5.41, 5.74) is -1.06. The van der Waals surface area contributed by atoms with E-state index in [4.69, 9.17) is 11.6 Å². The third kappa shape index (κ3) is 4.27. The van der Waals surface area contributed by atoms with Gasteiger partial charge in [0.25, 0.3) is 17.3 Å². The highest BCUT2D eigenvalue weighted by molar-refractivity contribution is 7.93. The molecule has 0 atom stereocenters. The summed E-state index contributed by atoms with van der Waals surface area (Å²) < 4.78 is 25.1. The first kappa shape index (κ1) is 21.3. The number of hydrogen-bond donors (Lipinski definition) is 1. The SMILES string of the molecule is O=C(Nc1ncc(S(=O)(=O)c2ccc([N+](=O)[O-])cc2)s1)c1ccc(Cl)cc1[N+](=O)[O-]. The Labute approximate surface area is 177 Å². The second-order valence-corrected chi connectivity index (χ2v) is 9.26. The van der Waals surface area contributed by atoms with Crippen LogP contribution in [0.4, 0.5) is 16.5 Å². The average molecular weight is 469 g/mol. The number of halogens is 1. The van der Waals surface area contributed by atoms with Gasteiger partial charge in [-0.25, -0.2) is 13.4 Å². The second kappa shape index (κ2) is 8.14. The fourth-order valence-electron chi connectivity index (χ4n) is 2.32. The van der Waals surface area contributed by atoms with Crippen LogP contribution < -0.4 is 5.32 Å². The zero-order chi connectivity index (χ0) is 22.1. The van der Waals surface area contributed by atoms with Crippen molar-refractivity contribution in [2.75, 3.05) is 5.32 Å². The van der Waals surface area contributed by atoms with E-state index in [-0.39, 0.29) is 30.5 Å². The molecule has 3 aromatic rings. The standard InChI is InChI=1S/C16H9ClN4O7S2/c17-9-1-6-12(13(7-9)21(25)26)15(22)19-16-18-8-14(29-16)30(27,28)11-4-2-10(3-5-11)20(23)24/h1-8H,(H,18,19,22). The smallest absolute Gasteiger partial charge is 0.283 e. The van der Waals surface area contributed by atoms with Gasteiger partial charge in [-0.05, 0) is 24.3 Å². The highest BCUT2D eigenvalue weighted by Crippen LogP contribution is 2.30. The Bertz CT molecular complexity index is 1270. The molecule has 0 aliphatic rings. The second-order valence-electron chi connectivity index (χ2n) is 5.61. The van der Waals surface area contributed by atoms with Crippen molar-refractivity contribution in [3.63, 3.8) is 0 Å². The predicted octanol–water partition coefficient (Wildman–Crippen LogP) is 3.70. The summed E-state index contributed by atoms with van der Waals surface area (Å²) in [4.78, 5) is 36.4. The van der Waals surface area contributed by atoms with Crippen LogP contribution in [0.3, 0.4) is 0 Å². The molecule has 0 aliphatic carbocycles. The molecule has 0 aliphatic heterocycles. The van der Waals surface area contributed by atoms with Crippen molar-refractivity contribution in [2.45, 2.75) is 9.10 Å². The molecule has 0 radical (unpaired) electrons. The first-order valence-electron chi connectivity index (χ1n) is 7.80. The van der Waals surface area contributed by atoms with E-state index >= 15 is 0 Å². The molecule has 0 saturated carbocycles. The van der Waals surface area contributed by atoms with Gasteiger partial charge in [0.15, 0.2) is 5.13 Å². The highest BCUT2D eigenvalue weighted by atomic mass is 35.5. The summed E-state index contributed by atoms with van der Waals surface area (Å²) in [5, 5.41) is 24.1. The Morgan fingerprint density at radius 1 is 1.07 bits per heavy atom. The number of rotatable bonds is 6. The fourth-order valence-corrected chi connectivity index (χ4v) is 4.91. The number of aromatic nitrogens is 1. The third-order valence-corrected chi connectivity index (χ3v) is 7.11. The molecule has 1 amide bonds. The summed E-state index contributed by atoms with van der Waals surface area (Å²) in [5.74, 6) is -0.869. The van der Waals surface area contributed by atoms with Crippen molar-refractivity contribution in [2.24, 2.45) is 0 Å². The average Bonchev–Trinajstić information content (AvgIpc) is 3.17. The van der Waals surface area contributed by atoms with Crippen LogP contribution in [-0.4, -0.2) is 29.2 Å². The summed E-state index contributed by atoms with van der Waals surface area (Å²) in [6.45, 7) is 0. The number of carbonyl (C=O) groups excluding carboxylic acids is 1. The molecule has 1 heterocycles. The van der Waals surface area contributed by atoms with Crippen LogP contribution >= 0.6 is 22.9 Å². The predicted molar refractivity (Wildman–Crippen MR) is 107 cm³/mol. The fraction of sp³-hybridized carbons (Fsp3) is 0. The number of hydrogen-bond acceptors (Lipinski definition) is 9. The van der Waals surface area contributed by atoms with Gasteiger partial charge in [-0.3, -0.25) is 30.3 Å². The number of benzene rings is 2. The van der Waals surface area contributed by atoms with Crippen LogP contribution in [0.1, 0.15) is 10.4 Å². The van der Waals surface area contributed by atoms with Crippen LogP contribution in [0.15, 0.2) is 57.8 Å². The summed E-state index contributed by atoms with van der Waals surface area (Å²) >= 11 is 6.34. The van der Waals surface area contributed by atoms with Gasteiger partial charge in [0.05, 0.1) is 20.9 Å². The normalized spacial score (nSPS) is 11.1. The number of nitro benzene ring substituents is 2. The third-order valence-electron chi connectivity index (χ3n) is 3.73. The molecule has 0 unspecified atom stereocenters. The lowest BCUT2D eigenvalue weighted by molar-refractivity contribution is -0.385. The molecule has 3 rings (SSSR count). The molecule has 154 valence electrons. The Hall–Kier alpha value is -3.42. The van der Waals surface area contributed by atoms with Gasteiger partial charge < -0.3 is 0 Å². The molecule has 11 nitrogen and oxygen atoms in total. The Morgan fingerprint density at radius 3 is 2.33 bits per heavy atom. The lowest BCUT2D eigenvalue weighted by atomic mass is 10.1. The van der Waals surface area contributed by atoms with Crippen molar-refractivity contribution < 1.29 is 23.1 Å². The molecule has 0 bridgehead atoms. The number of carbonyl (C=O) groups is 1. The number of nitro groups is 2. The molecule has 14 heteroatoms. The van der Waals surface area contributed by atoms with Crippen molar-refractivity contribution >= 4 is 55.2 Å². The van der Waals surface area contributed by atoms with Gasteiger partial charge >= 0.3 is 0 Å². The van der Waals surface area contributed by atoms with Crippen molar-refractivity contribution in [3.05, 3.63) is 79.5 Å². The topological polar surface area (TPSA) is 162 Å². The van der Waals surface area contributed by atoms with Crippen LogP contribution in [0.25, 0.3) is 0 Å². The molecule has 1 N–H and O–H groups in total. The van der Waals surface area contributed by atoms with E-state index in [1.165, 1.54) is 6.07 Å². The molecule has 0 fully saturated rings. The van der Waals surface area contributed by atoms with Gasteiger partial charge in [-0.2, -0.15) is 0 Å². The number of thiazole rings is 1. The van der Waals surface area contributed by atoms with Crippen LogP contribution in [0.5, 0.6) is 0 Å². The maximum absolute atomic E-state index is 12.6. The summed E-state index contributed by atoms with van der Waals surface area (Å²) in [6, 6.07) is 7.76. The maximum atomic E-state index is 12.6. The molecular weight excluding hydrogens is 460 g/mol. The minimum atomic E-state index is -4.03. The molecule has 1 aromatic heterocycles. The molecular formula is C16H9ClN4O7S2. The quantitative estimate of drug-likeness (QED) is 0.422. The largest absolute Gasteiger partial charge is 0.298 e. The van der Waals surface area contributed by atoms with Crippen LogP contribution in [0, 0.1) is 20.2 Å². The molecule has 0 spiro atoms. The number of anilines is 1. The molecule has 0 saturated heterocycles. The zero-order valence-corrected chi connectivity index (χ0v) is 16.9. The Kier molecular flexibility index (Phi) is 5.78. The van der Waals surface area contributed by atoms with Crippen LogP contribution in [0.2, 0.25) is 5.02 Å². The first-order chi connectivity index (χ1) is 14.1. The highest BCUT2D eigenvalue weighted by Gasteiger charge is 2.24. The first-order valence-corrected chi connectivity index (χ1v) is 10.5. The van der Waals surface area contributed by atoms with Gasteiger partial charge in [0.1, 0.15) is 9.77 Å². The van der Waals surface area contributed by atoms with Crippen molar-refractivity contribution in [1.29, 1.82) is 0 Å². The lowest BCUT2D eigenvalue weighted by Gasteiger charge is -2.03. The summed E-state index contributed by atoms with van der Waals surface area (Å²) in [6.07, 6.45) is 1.01. The number of non-ortho nitro benzene ring substituents is 1. The van der Waals surface area contributed by atoms with Gasteiger partial charge in [0.2, 0.25) is 9.84 Å². The Morgan fingerprint density at radius 2 is 1.73 bits per heavy atom. The number of nitrogens with zero attached hydrogens (tertiary/aromatic N) is 3. The monoisotopic (exact) mass is 468 g/mol. The Balaban J connectivity index is 1.85. The zero-order valence-electron chi connectivity index (χ0n) is 14.5. The number of amides is 1. The molecule has 30 heavy (non-hydrogen) atoms. The molecule has 2 aromatic carbocycles. The van der Waals surface area contributed by atoms with Crippen LogP contribution in [-0.2, 0) is 9.84 Å². The van der Waals surface area contributed by atoms with Crippen molar-refractivity contribution in [3.8, 4) is 0 Å².